The van der Waals surface area contributed by atoms with E-state index in [0.29, 0.717) is 9.90 Å². The van der Waals surface area contributed by atoms with Gasteiger partial charge in [-0.15, -0.1) is 11.3 Å². The molecule has 0 aliphatic rings. The highest BCUT2D eigenvalue weighted by Gasteiger charge is 2.14. The zero-order valence-electron chi connectivity index (χ0n) is 7.46. The fourth-order valence-corrected chi connectivity index (χ4v) is 2.03. The van der Waals surface area contributed by atoms with E-state index in [1.165, 1.54) is 11.3 Å². The van der Waals surface area contributed by atoms with Crippen molar-refractivity contribution in [1.29, 1.82) is 0 Å². The number of carbonyl (C=O) groups is 2. The van der Waals surface area contributed by atoms with Crippen LogP contribution in [-0.4, -0.2) is 18.4 Å². The summed E-state index contributed by atoms with van der Waals surface area (Å²) in [5.41, 5.74) is 5.73. The molecule has 3 N–H and O–H groups in total. The maximum Gasteiger partial charge on any atom is 0.263 e. The smallest absolute Gasteiger partial charge is 0.263 e. The van der Waals surface area contributed by atoms with Gasteiger partial charge in [0.1, 0.15) is 4.88 Å². The molecule has 0 aliphatic heterocycles. The molecule has 0 saturated carbocycles. The summed E-state index contributed by atoms with van der Waals surface area (Å²) in [4.78, 5) is 22.2. The monoisotopic (exact) mass is 232 g/mol. The second-order valence-electron chi connectivity index (χ2n) is 2.71. The van der Waals surface area contributed by atoms with Crippen LogP contribution in [0.4, 0.5) is 0 Å². The van der Waals surface area contributed by atoms with Gasteiger partial charge in [0.25, 0.3) is 5.91 Å². The number of hydrogen-bond donors (Lipinski definition) is 2. The van der Waals surface area contributed by atoms with E-state index in [1.54, 1.807) is 5.38 Å². The lowest BCUT2D eigenvalue weighted by molar-refractivity contribution is -0.117. The van der Waals surface area contributed by atoms with Crippen LogP contribution in [0.2, 0.25) is 5.02 Å². The number of thiophene rings is 1. The third kappa shape index (κ3) is 2.46. The summed E-state index contributed by atoms with van der Waals surface area (Å²) in [5.74, 6) is -0.949. The molecular weight excluding hydrogens is 224 g/mol. The molecule has 2 amide bonds. The Morgan fingerprint density at radius 2 is 2.29 bits per heavy atom. The molecule has 1 rings (SSSR count). The average molecular weight is 233 g/mol. The second-order valence-corrected chi connectivity index (χ2v) is 3.97. The fraction of sp³-hybridized carbons (Fsp3) is 0.250. The molecule has 0 unspecified atom stereocenters. The molecule has 76 valence electrons. The zero-order valence-corrected chi connectivity index (χ0v) is 9.04. The maximum absolute atomic E-state index is 11.4. The minimum absolute atomic E-state index is 0.174. The first-order valence-corrected chi connectivity index (χ1v) is 5.08. The zero-order chi connectivity index (χ0) is 10.7. The Morgan fingerprint density at radius 3 is 2.71 bits per heavy atom. The minimum Gasteiger partial charge on any atom is -0.368 e. The predicted octanol–water partition coefficient (Wildman–Crippen LogP) is 0.925. The number of halogens is 1. The van der Waals surface area contributed by atoms with Gasteiger partial charge in [0, 0.05) is 0 Å². The van der Waals surface area contributed by atoms with Crippen LogP contribution in [0.5, 0.6) is 0 Å². The van der Waals surface area contributed by atoms with E-state index in [-0.39, 0.29) is 12.5 Å². The number of nitrogens with two attached hydrogens (primary N) is 1. The maximum atomic E-state index is 11.4. The van der Waals surface area contributed by atoms with Gasteiger partial charge in [-0.05, 0) is 17.9 Å². The van der Waals surface area contributed by atoms with E-state index in [4.69, 9.17) is 17.3 Å². The summed E-state index contributed by atoms with van der Waals surface area (Å²) >= 11 is 7.09. The molecule has 1 aromatic heterocycles. The highest BCUT2D eigenvalue weighted by Crippen LogP contribution is 2.26. The van der Waals surface area contributed by atoms with Crippen LogP contribution in [0.3, 0.4) is 0 Å². The van der Waals surface area contributed by atoms with Gasteiger partial charge in [0.05, 0.1) is 11.6 Å². The third-order valence-electron chi connectivity index (χ3n) is 1.53. The summed E-state index contributed by atoms with van der Waals surface area (Å²) in [5, 5.41) is 4.57. The first-order chi connectivity index (χ1) is 6.52. The highest BCUT2D eigenvalue weighted by molar-refractivity contribution is 7.13. The molecule has 0 fully saturated rings. The lowest BCUT2D eigenvalue weighted by Gasteiger charge is -2.00. The van der Waals surface area contributed by atoms with E-state index in [2.05, 4.69) is 5.32 Å². The topological polar surface area (TPSA) is 72.2 Å². The van der Waals surface area contributed by atoms with Crippen molar-refractivity contribution in [3.63, 3.8) is 0 Å². The quantitative estimate of drug-likeness (QED) is 0.814. The Bertz CT molecular complexity index is 375. The molecule has 0 radical (unpaired) electrons. The number of nitrogens with one attached hydrogen (secondary N) is 1. The van der Waals surface area contributed by atoms with Gasteiger partial charge in [-0.3, -0.25) is 9.59 Å². The molecule has 0 atom stereocenters. The van der Waals surface area contributed by atoms with E-state index < -0.39 is 5.91 Å². The summed E-state index contributed by atoms with van der Waals surface area (Å²) in [6.45, 7) is 1.63. The summed E-state index contributed by atoms with van der Waals surface area (Å²) < 4.78 is 0. The van der Waals surface area contributed by atoms with Crippen LogP contribution in [0.25, 0.3) is 0 Å². The lowest BCUT2D eigenvalue weighted by Crippen LogP contribution is -2.32. The molecule has 1 aromatic rings. The van der Waals surface area contributed by atoms with Crippen molar-refractivity contribution in [2.24, 2.45) is 5.73 Å². The number of rotatable bonds is 3. The van der Waals surface area contributed by atoms with Crippen molar-refractivity contribution in [3.8, 4) is 0 Å². The van der Waals surface area contributed by atoms with E-state index in [1.807, 2.05) is 6.92 Å². The van der Waals surface area contributed by atoms with Gasteiger partial charge in [-0.2, -0.15) is 0 Å². The number of primary amides is 1. The number of carbonyl (C=O) groups excluding carboxylic acids is 2. The van der Waals surface area contributed by atoms with Gasteiger partial charge in [0.2, 0.25) is 5.91 Å². The van der Waals surface area contributed by atoms with Crippen molar-refractivity contribution in [1.82, 2.24) is 5.32 Å². The van der Waals surface area contributed by atoms with Crippen LogP contribution in [0.15, 0.2) is 5.38 Å². The van der Waals surface area contributed by atoms with Crippen LogP contribution in [0.1, 0.15) is 15.2 Å². The third-order valence-corrected chi connectivity index (χ3v) is 3.22. The van der Waals surface area contributed by atoms with Gasteiger partial charge in [0.15, 0.2) is 0 Å². The summed E-state index contributed by atoms with van der Waals surface area (Å²) in [6.07, 6.45) is 0. The predicted molar refractivity (Wildman–Crippen MR) is 55.6 cm³/mol. The molecule has 0 aromatic carbocycles. The van der Waals surface area contributed by atoms with E-state index in [9.17, 15) is 9.59 Å². The molecule has 0 saturated heterocycles. The van der Waals surface area contributed by atoms with Crippen LogP contribution in [-0.2, 0) is 4.79 Å². The number of amides is 2. The fourth-order valence-electron chi connectivity index (χ4n) is 0.831. The van der Waals surface area contributed by atoms with Crippen molar-refractivity contribution in [2.75, 3.05) is 6.54 Å². The van der Waals surface area contributed by atoms with Gasteiger partial charge in [-0.25, -0.2) is 0 Å². The van der Waals surface area contributed by atoms with Crippen molar-refractivity contribution < 1.29 is 9.59 Å². The molecule has 0 bridgehead atoms. The molecule has 0 aliphatic carbocycles. The normalized spacial score (nSPS) is 9.86. The van der Waals surface area contributed by atoms with Gasteiger partial charge >= 0.3 is 0 Å². The Kier molecular flexibility index (Phi) is 3.49. The van der Waals surface area contributed by atoms with Gasteiger partial charge < -0.3 is 11.1 Å². The van der Waals surface area contributed by atoms with E-state index in [0.717, 1.165) is 5.56 Å². The lowest BCUT2D eigenvalue weighted by atomic mass is 10.3. The summed E-state index contributed by atoms with van der Waals surface area (Å²) in [6, 6.07) is 0. The van der Waals surface area contributed by atoms with Gasteiger partial charge in [-0.1, -0.05) is 11.6 Å². The second kappa shape index (κ2) is 4.43. The first kappa shape index (κ1) is 11.0. The van der Waals surface area contributed by atoms with E-state index >= 15 is 0 Å². The molecule has 0 spiro atoms. The molecule has 6 heteroatoms. The van der Waals surface area contributed by atoms with Crippen molar-refractivity contribution >= 4 is 34.8 Å². The van der Waals surface area contributed by atoms with Crippen molar-refractivity contribution in [2.45, 2.75) is 6.92 Å². The Morgan fingerprint density at radius 1 is 1.64 bits per heavy atom. The Hall–Kier alpha value is -1.07. The number of aryl methyl sites for hydroxylation is 1. The van der Waals surface area contributed by atoms with Crippen molar-refractivity contribution in [3.05, 3.63) is 20.8 Å². The standard InChI is InChI=1S/C8H9ClN2O2S/c1-4-3-14-7(6(4)9)8(13)11-2-5(10)12/h3H,2H2,1H3,(H2,10,12)(H,11,13). The highest BCUT2D eigenvalue weighted by atomic mass is 35.5. The number of hydrogen-bond acceptors (Lipinski definition) is 3. The van der Waals surface area contributed by atoms with Crippen LogP contribution in [0, 0.1) is 6.92 Å². The van der Waals surface area contributed by atoms with Crippen LogP contribution >= 0.6 is 22.9 Å². The molecule has 1 heterocycles. The average Bonchev–Trinajstić information content (AvgIpc) is 2.44. The minimum atomic E-state index is -0.581. The molecule has 4 nitrogen and oxygen atoms in total. The molecular formula is C8H9ClN2O2S. The Labute approximate surface area is 90.0 Å². The Balaban J connectivity index is 2.70. The summed E-state index contributed by atoms with van der Waals surface area (Å²) in [7, 11) is 0. The largest absolute Gasteiger partial charge is 0.368 e. The molecule has 14 heavy (non-hydrogen) atoms. The first-order valence-electron chi connectivity index (χ1n) is 3.82. The van der Waals surface area contributed by atoms with Crippen LogP contribution < -0.4 is 11.1 Å². The SMILES string of the molecule is Cc1csc(C(=O)NCC(N)=O)c1Cl.